The van der Waals surface area contributed by atoms with Gasteiger partial charge in [0.05, 0.1) is 12.1 Å². The minimum atomic E-state index is -0.544. The van der Waals surface area contributed by atoms with Gasteiger partial charge in [-0.05, 0) is 37.6 Å². The van der Waals surface area contributed by atoms with E-state index in [1.54, 1.807) is 25.3 Å². The molecule has 1 atom stereocenters. The largest absolute Gasteiger partial charge is 0.383 e. The van der Waals surface area contributed by atoms with Gasteiger partial charge in [-0.25, -0.2) is 0 Å². The minimum Gasteiger partial charge on any atom is -0.383 e. The molecule has 1 aromatic rings. The molecular weight excluding hydrogens is 306 g/mol. The average molecular weight is 328 g/mol. The van der Waals surface area contributed by atoms with E-state index in [-0.39, 0.29) is 23.9 Å². The monoisotopic (exact) mass is 327 g/mol. The Morgan fingerprint density at radius 1 is 1.41 bits per heavy atom. The van der Waals surface area contributed by atoms with E-state index in [0.717, 1.165) is 19.4 Å². The number of nitrogens with two attached hydrogens (primary N) is 1. The van der Waals surface area contributed by atoms with E-state index in [2.05, 4.69) is 10.6 Å². The minimum absolute atomic E-state index is 0. The van der Waals surface area contributed by atoms with Crippen LogP contribution < -0.4 is 16.4 Å². The number of halogens is 1. The predicted molar refractivity (Wildman–Crippen MR) is 86.4 cm³/mol. The number of amides is 2. The van der Waals surface area contributed by atoms with E-state index in [0.29, 0.717) is 24.3 Å². The smallest absolute Gasteiger partial charge is 0.251 e. The van der Waals surface area contributed by atoms with Gasteiger partial charge in [-0.1, -0.05) is 6.07 Å². The zero-order valence-electron chi connectivity index (χ0n) is 12.6. The summed E-state index contributed by atoms with van der Waals surface area (Å²) in [5.74, 6) is -0.764. The van der Waals surface area contributed by atoms with Crippen molar-refractivity contribution in [2.45, 2.75) is 18.4 Å². The Hall–Kier alpha value is -1.63. The molecule has 0 saturated carbocycles. The summed E-state index contributed by atoms with van der Waals surface area (Å²) in [6.07, 6.45) is 2.03. The number of carbonyl (C=O) groups excluding carboxylic acids is 2. The van der Waals surface area contributed by atoms with Crippen molar-refractivity contribution in [3.8, 4) is 0 Å². The average Bonchev–Trinajstić information content (AvgIpc) is 2.94. The van der Waals surface area contributed by atoms with Crippen molar-refractivity contribution in [2.75, 3.05) is 26.8 Å². The highest BCUT2D eigenvalue weighted by molar-refractivity contribution is 5.99. The summed E-state index contributed by atoms with van der Waals surface area (Å²) in [6.45, 7) is 1.96. The van der Waals surface area contributed by atoms with Crippen molar-refractivity contribution in [2.24, 2.45) is 5.73 Å². The maximum atomic E-state index is 12.2. The van der Waals surface area contributed by atoms with Gasteiger partial charge in [0.1, 0.15) is 0 Å². The fraction of sp³-hybridized carbons (Fsp3) is 0.467. The van der Waals surface area contributed by atoms with Crippen molar-refractivity contribution in [1.29, 1.82) is 0 Å². The number of carbonyl (C=O) groups is 2. The molecule has 1 fully saturated rings. The lowest BCUT2D eigenvalue weighted by Gasteiger charge is -2.29. The Bertz CT molecular complexity index is 531. The third-order valence-electron chi connectivity index (χ3n) is 3.75. The van der Waals surface area contributed by atoms with Crippen molar-refractivity contribution < 1.29 is 14.3 Å². The summed E-state index contributed by atoms with van der Waals surface area (Å²) in [5, 5.41) is 6.29. The Morgan fingerprint density at radius 3 is 2.73 bits per heavy atom. The zero-order valence-corrected chi connectivity index (χ0v) is 13.4. The van der Waals surface area contributed by atoms with Crippen molar-refractivity contribution in [3.05, 3.63) is 35.4 Å². The van der Waals surface area contributed by atoms with Crippen LogP contribution in [0, 0.1) is 0 Å². The second kappa shape index (κ2) is 8.12. The van der Waals surface area contributed by atoms with E-state index in [9.17, 15) is 9.59 Å². The van der Waals surface area contributed by atoms with Crippen molar-refractivity contribution in [3.63, 3.8) is 0 Å². The molecule has 0 aromatic heterocycles. The molecule has 1 unspecified atom stereocenters. The number of benzene rings is 1. The molecule has 0 aliphatic carbocycles. The van der Waals surface area contributed by atoms with Crippen molar-refractivity contribution >= 4 is 24.2 Å². The Morgan fingerprint density at radius 2 is 2.14 bits per heavy atom. The number of hydrogen-bond donors (Lipinski definition) is 3. The molecule has 1 saturated heterocycles. The molecule has 7 heteroatoms. The molecule has 0 radical (unpaired) electrons. The summed E-state index contributed by atoms with van der Waals surface area (Å²) in [4.78, 5) is 23.3. The van der Waals surface area contributed by atoms with Gasteiger partial charge >= 0.3 is 0 Å². The lowest BCUT2D eigenvalue weighted by Crippen LogP contribution is -2.53. The zero-order chi connectivity index (χ0) is 15.3. The van der Waals surface area contributed by atoms with Gasteiger partial charge in [0.15, 0.2) is 0 Å². The second-order valence-corrected chi connectivity index (χ2v) is 5.37. The van der Waals surface area contributed by atoms with E-state index < -0.39 is 5.91 Å². The van der Waals surface area contributed by atoms with E-state index in [1.807, 2.05) is 0 Å². The lowest BCUT2D eigenvalue weighted by atomic mass is 9.98. The Kier molecular flexibility index (Phi) is 6.80. The molecule has 122 valence electrons. The first kappa shape index (κ1) is 18.4. The maximum absolute atomic E-state index is 12.2. The van der Waals surface area contributed by atoms with Crippen LogP contribution in [-0.4, -0.2) is 44.2 Å². The summed E-state index contributed by atoms with van der Waals surface area (Å²) < 4.78 is 5.24. The van der Waals surface area contributed by atoms with Crippen LogP contribution >= 0.6 is 12.4 Å². The first-order chi connectivity index (χ1) is 10.1. The van der Waals surface area contributed by atoms with Crippen LogP contribution in [-0.2, 0) is 4.74 Å². The molecule has 22 heavy (non-hydrogen) atoms. The summed E-state index contributed by atoms with van der Waals surface area (Å²) in [6, 6.07) is 6.40. The van der Waals surface area contributed by atoms with Gasteiger partial charge in [0.2, 0.25) is 5.91 Å². The number of rotatable bonds is 6. The van der Waals surface area contributed by atoms with Gasteiger partial charge in [-0.15, -0.1) is 12.4 Å². The van der Waals surface area contributed by atoms with E-state index in [1.165, 1.54) is 6.07 Å². The van der Waals surface area contributed by atoms with Crippen LogP contribution in [0.3, 0.4) is 0 Å². The molecule has 4 N–H and O–H groups in total. The topological polar surface area (TPSA) is 93.4 Å². The van der Waals surface area contributed by atoms with Gasteiger partial charge in [0.25, 0.3) is 5.91 Å². The van der Waals surface area contributed by atoms with Gasteiger partial charge < -0.3 is 21.1 Å². The summed E-state index contributed by atoms with van der Waals surface area (Å²) in [7, 11) is 1.65. The van der Waals surface area contributed by atoms with Gasteiger partial charge in [0, 0.05) is 24.8 Å². The first-order valence-electron chi connectivity index (χ1n) is 6.98. The fourth-order valence-electron chi connectivity index (χ4n) is 2.64. The number of methoxy groups -OCH3 is 1. The highest BCUT2D eigenvalue weighted by atomic mass is 35.5. The standard InChI is InChI=1S/C15H21N3O3.ClH/c1-21-10-15(6-3-7-18-15)9-17-14(20)12-5-2-4-11(8-12)13(16)19;/h2,4-5,8,18H,3,6-7,9-10H2,1H3,(H2,16,19)(H,17,20);1H. The van der Waals surface area contributed by atoms with Crippen LogP contribution in [0.5, 0.6) is 0 Å². The Labute approximate surface area is 136 Å². The normalized spacial score (nSPS) is 20.2. The van der Waals surface area contributed by atoms with E-state index >= 15 is 0 Å². The SMILES string of the molecule is COCC1(CNC(=O)c2cccc(C(N)=O)c2)CCCN1.Cl. The molecule has 2 amide bonds. The highest BCUT2D eigenvalue weighted by Crippen LogP contribution is 2.19. The quantitative estimate of drug-likeness (QED) is 0.717. The van der Waals surface area contributed by atoms with Crippen LogP contribution in [0.1, 0.15) is 33.6 Å². The highest BCUT2D eigenvalue weighted by Gasteiger charge is 2.33. The third-order valence-corrected chi connectivity index (χ3v) is 3.75. The van der Waals surface area contributed by atoms with Crippen LogP contribution in [0.2, 0.25) is 0 Å². The number of nitrogens with one attached hydrogen (secondary N) is 2. The predicted octanol–water partition coefficient (Wildman–Crippen LogP) is 0.706. The number of ether oxygens (including phenoxy) is 1. The van der Waals surface area contributed by atoms with Crippen LogP contribution in [0.4, 0.5) is 0 Å². The van der Waals surface area contributed by atoms with Gasteiger partial charge in [-0.3, -0.25) is 9.59 Å². The molecule has 0 spiro atoms. The number of primary amides is 1. The molecule has 0 bridgehead atoms. The maximum Gasteiger partial charge on any atom is 0.251 e. The molecule has 1 aliphatic heterocycles. The molecule has 6 nitrogen and oxygen atoms in total. The van der Waals surface area contributed by atoms with Gasteiger partial charge in [-0.2, -0.15) is 0 Å². The van der Waals surface area contributed by atoms with Crippen LogP contribution in [0.15, 0.2) is 24.3 Å². The van der Waals surface area contributed by atoms with E-state index in [4.69, 9.17) is 10.5 Å². The summed E-state index contributed by atoms with van der Waals surface area (Å²) >= 11 is 0. The molecule has 1 aromatic carbocycles. The lowest BCUT2D eigenvalue weighted by molar-refractivity contribution is 0.0892. The fourth-order valence-corrected chi connectivity index (χ4v) is 2.64. The molecular formula is C15H22ClN3O3. The molecule has 1 heterocycles. The Balaban J connectivity index is 0.00000242. The first-order valence-corrected chi connectivity index (χ1v) is 6.98. The number of hydrogen-bond acceptors (Lipinski definition) is 4. The molecule has 1 aliphatic rings. The van der Waals surface area contributed by atoms with Crippen LogP contribution in [0.25, 0.3) is 0 Å². The molecule has 2 rings (SSSR count). The second-order valence-electron chi connectivity index (χ2n) is 5.37. The third kappa shape index (κ3) is 4.43. The van der Waals surface area contributed by atoms with Crippen molar-refractivity contribution in [1.82, 2.24) is 10.6 Å². The summed E-state index contributed by atoms with van der Waals surface area (Å²) in [5.41, 5.74) is 5.77.